The van der Waals surface area contributed by atoms with Crippen LogP contribution in [0.5, 0.6) is 0 Å². The topological polar surface area (TPSA) is 24.5 Å². The number of rotatable bonds is 7. The lowest BCUT2D eigenvalue weighted by Crippen LogP contribution is -2.36. The van der Waals surface area contributed by atoms with Crippen molar-refractivity contribution < 1.29 is 4.74 Å². The molecule has 1 heterocycles. The molecule has 3 heteroatoms. The van der Waals surface area contributed by atoms with Crippen LogP contribution >= 0.6 is 0 Å². The molecular weight excluding hydrogens is 236 g/mol. The minimum Gasteiger partial charge on any atom is -0.372 e. The van der Waals surface area contributed by atoms with E-state index in [0.717, 1.165) is 45.8 Å². The van der Waals surface area contributed by atoms with Gasteiger partial charge in [0.1, 0.15) is 0 Å². The average Bonchev–Trinajstić information content (AvgIpc) is 2.46. The van der Waals surface area contributed by atoms with E-state index < -0.39 is 0 Å². The summed E-state index contributed by atoms with van der Waals surface area (Å²) in [7, 11) is 0. The summed E-state index contributed by atoms with van der Waals surface area (Å²) in [6.07, 6.45) is 1.29. The van der Waals surface area contributed by atoms with Crippen LogP contribution in [0.1, 0.15) is 31.1 Å². The molecule has 0 fully saturated rings. The Hall–Kier alpha value is -0.900. The molecule has 0 amide bonds. The quantitative estimate of drug-likeness (QED) is 0.763. The number of ether oxygens (including phenoxy) is 1. The van der Waals surface area contributed by atoms with E-state index in [2.05, 4.69) is 48.3 Å². The fraction of sp³-hybridized carbons (Fsp3) is 0.625. The molecule has 0 radical (unpaired) electrons. The van der Waals surface area contributed by atoms with Gasteiger partial charge in [-0.2, -0.15) is 0 Å². The van der Waals surface area contributed by atoms with Gasteiger partial charge in [0.15, 0.2) is 0 Å². The predicted molar refractivity (Wildman–Crippen MR) is 79.5 cm³/mol. The summed E-state index contributed by atoms with van der Waals surface area (Å²) in [4.78, 5) is 2.47. The summed E-state index contributed by atoms with van der Waals surface area (Å²) in [6.45, 7) is 10.5. The van der Waals surface area contributed by atoms with Gasteiger partial charge in [0.25, 0.3) is 0 Å². The smallest absolute Gasteiger partial charge is 0.0954 e. The second kappa shape index (κ2) is 7.63. The third kappa shape index (κ3) is 4.03. The van der Waals surface area contributed by atoms with Crippen molar-refractivity contribution in [1.82, 2.24) is 10.2 Å². The van der Waals surface area contributed by atoms with E-state index in [1.54, 1.807) is 0 Å². The lowest BCUT2D eigenvalue weighted by Gasteiger charge is -2.31. The van der Waals surface area contributed by atoms with Crippen molar-refractivity contribution in [1.29, 1.82) is 0 Å². The Kier molecular flexibility index (Phi) is 5.83. The van der Waals surface area contributed by atoms with Crippen LogP contribution in [0.3, 0.4) is 0 Å². The molecular formula is C16H26N2O. The fourth-order valence-electron chi connectivity index (χ4n) is 2.65. The molecule has 1 atom stereocenters. The van der Waals surface area contributed by atoms with Crippen LogP contribution in [0.15, 0.2) is 24.3 Å². The molecule has 19 heavy (non-hydrogen) atoms. The molecule has 3 nitrogen and oxygen atoms in total. The minimum atomic E-state index is 0.242. The van der Waals surface area contributed by atoms with Crippen LogP contribution in [-0.4, -0.2) is 44.2 Å². The fourth-order valence-corrected chi connectivity index (χ4v) is 2.65. The van der Waals surface area contributed by atoms with E-state index in [-0.39, 0.29) is 6.10 Å². The molecule has 0 saturated heterocycles. The van der Waals surface area contributed by atoms with Crippen molar-refractivity contribution in [2.24, 2.45) is 0 Å². The third-order valence-electron chi connectivity index (χ3n) is 3.82. The van der Waals surface area contributed by atoms with Crippen LogP contribution in [0, 0.1) is 0 Å². The number of benzene rings is 1. The van der Waals surface area contributed by atoms with Gasteiger partial charge in [-0.05, 0) is 30.6 Å². The van der Waals surface area contributed by atoms with E-state index >= 15 is 0 Å². The zero-order valence-corrected chi connectivity index (χ0v) is 12.2. The molecule has 106 valence electrons. The first-order chi connectivity index (χ1) is 9.35. The Morgan fingerprint density at radius 1 is 1.32 bits per heavy atom. The third-order valence-corrected chi connectivity index (χ3v) is 3.82. The zero-order chi connectivity index (χ0) is 13.5. The molecule has 1 aromatic rings. The summed E-state index contributed by atoms with van der Waals surface area (Å²) in [5.74, 6) is 0. The summed E-state index contributed by atoms with van der Waals surface area (Å²) in [5.41, 5.74) is 2.84. The molecule has 0 spiro atoms. The normalized spacial score (nSPS) is 18.6. The Labute approximate surface area is 116 Å². The van der Waals surface area contributed by atoms with E-state index in [1.807, 2.05) is 0 Å². The van der Waals surface area contributed by atoms with E-state index in [4.69, 9.17) is 4.74 Å². The first-order valence-electron chi connectivity index (χ1n) is 7.47. The standard InChI is InChI=1S/C16H26N2O/c1-3-17-10-11-18(4-2)13-16-15-8-6-5-7-14(15)9-12-19-16/h5-8,16-17H,3-4,9-13H2,1-2H3. The number of nitrogens with zero attached hydrogens (tertiary/aromatic N) is 1. The molecule has 1 aliphatic rings. The Morgan fingerprint density at radius 3 is 2.95 bits per heavy atom. The maximum Gasteiger partial charge on any atom is 0.0954 e. The van der Waals surface area contributed by atoms with Crippen LogP contribution in [0.4, 0.5) is 0 Å². The molecule has 1 aromatic carbocycles. The Morgan fingerprint density at radius 2 is 2.16 bits per heavy atom. The van der Waals surface area contributed by atoms with Gasteiger partial charge in [-0.15, -0.1) is 0 Å². The van der Waals surface area contributed by atoms with Crippen LogP contribution in [-0.2, 0) is 11.2 Å². The van der Waals surface area contributed by atoms with Gasteiger partial charge in [-0.1, -0.05) is 38.1 Å². The first-order valence-corrected chi connectivity index (χ1v) is 7.47. The van der Waals surface area contributed by atoms with Crippen molar-refractivity contribution in [3.8, 4) is 0 Å². The van der Waals surface area contributed by atoms with Gasteiger partial charge in [0.2, 0.25) is 0 Å². The second-order valence-corrected chi connectivity index (χ2v) is 5.06. The van der Waals surface area contributed by atoms with Gasteiger partial charge >= 0.3 is 0 Å². The molecule has 1 aliphatic heterocycles. The zero-order valence-electron chi connectivity index (χ0n) is 12.2. The lowest BCUT2D eigenvalue weighted by molar-refractivity contribution is 0.0172. The molecule has 1 unspecified atom stereocenters. The van der Waals surface area contributed by atoms with Gasteiger partial charge in [-0.25, -0.2) is 0 Å². The van der Waals surface area contributed by atoms with Crippen molar-refractivity contribution in [3.63, 3.8) is 0 Å². The molecule has 0 bridgehead atoms. The summed E-state index contributed by atoms with van der Waals surface area (Å²) < 4.78 is 5.98. The summed E-state index contributed by atoms with van der Waals surface area (Å²) >= 11 is 0. The SMILES string of the molecule is CCNCCN(CC)CC1OCCc2ccccc21. The van der Waals surface area contributed by atoms with Crippen LogP contribution in [0.2, 0.25) is 0 Å². The van der Waals surface area contributed by atoms with Gasteiger partial charge in [0.05, 0.1) is 12.7 Å². The molecule has 0 aromatic heterocycles. The van der Waals surface area contributed by atoms with Gasteiger partial charge in [0, 0.05) is 19.6 Å². The highest BCUT2D eigenvalue weighted by atomic mass is 16.5. The van der Waals surface area contributed by atoms with E-state index in [0.29, 0.717) is 0 Å². The highest BCUT2D eigenvalue weighted by Gasteiger charge is 2.22. The molecule has 0 aliphatic carbocycles. The highest BCUT2D eigenvalue weighted by Crippen LogP contribution is 2.27. The van der Waals surface area contributed by atoms with Crippen LogP contribution in [0.25, 0.3) is 0 Å². The van der Waals surface area contributed by atoms with Crippen molar-refractivity contribution in [2.45, 2.75) is 26.4 Å². The monoisotopic (exact) mass is 262 g/mol. The summed E-state index contributed by atoms with van der Waals surface area (Å²) in [5, 5.41) is 3.39. The maximum atomic E-state index is 5.98. The van der Waals surface area contributed by atoms with Gasteiger partial charge < -0.3 is 10.1 Å². The maximum absolute atomic E-state index is 5.98. The number of fused-ring (bicyclic) bond motifs is 1. The number of nitrogens with one attached hydrogen (secondary N) is 1. The van der Waals surface area contributed by atoms with Crippen LogP contribution < -0.4 is 5.32 Å². The lowest BCUT2D eigenvalue weighted by atomic mass is 9.97. The Bertz CT molecular complexity index is 381. The first kappa shape index (κ1) is 14.5. The average molecular weight is 262 g/mol. The molecule has 0 saturated carbocycles. The van der Waals surface area contributed by atoms with Crippen molar-refractivity contribution in [3.05, 3.63) is 35.4 Å². The molecule has 2 rings (SSSR count). The minimum absolute atomic E-state index is 0.242. The van der Waals surface area contributed by atoms with E-state index in [9.17, 15) is 0 Å². The predicted octanol–water partition coefficient (Wildman–Crippen LogP) is 2.23. The number of hydrogen-bond donors (Lipinski definition) is 1. The van der Waals surface area contributed by atoms with E-state index in [1.165, 1.54) is 11.1 Å². The van der Waals surface area contributed by atoms with Crippen molar-refractivity contribution in [2.75, 3.05) is 39.3 Å². The number of hydrogen-bond acceptors (Lipinski definition) is 3. The molecule has 1 N–H and O–H groups in total. The largest absolute Gasteiger partial charge is 0.372 e. The van der Waals surface area contributed by atoms with Gasteiger partial charge in [-0.3, -0.25) is 4.90 Å². The summed E-state index contributed by atoms with van der Waals surface area (Å²) in [6, 6.07) is 8.70. The second-order valence-electron chi connectivity index (χ2n) is 5.06. The highest BCUT2D eigenvalue weighted by molar-refractivity contribution is 5.31. The number of likely N-dealkylation sites (N-methyl/N-ethyl adjacent to an activating group) is 2. The van der Waals surface area contributed by atoms with Crippen molar-refractivity contribution >= 4 is 0 Å². The Balaban J connectivity index is 1.94.